The summed E-state index contributed by atoms with van der Waals surface area (Å²) in [4.78, 5) is 0. The molecule has 1 heterocycles. The Hall–Kier alpha value is -0.770. The lowest BCUT2D eigenvalue weighted by Gasteiger charge is -2.18. The first-order valence-corrected chi connectivity index (χ1v) is 6.46. The number of hydrogen-bond donors (Lipinski definition) is 1. The third-order valence-corrected chi connectivity index (χ3v) is 4.29. The molecule has 0 aromatic heterocycles. The van der Waals surface area contributed by atoms with Gasteiger partial charge in [-0.05, 0) is 30.7 Å². The van der Waals surface area contributed by atoms with Crippen LogP contribution < -0.4 is 5.32 Å². The Kier molecular flexibility index (Phi) is 3.38. The van der Waals surface area contributed by atoms with E-state index in [1.807, 2.05) is 11.8 Å². The Morgan fingerprint density at radius 3 is 2.69 bits per heavy atom. The minimum atomic E-state index is -0.372. The number of benzene rings is 1. The molecule has 0 bridgehead atoms. The summed E-state index contributed by atoms with van der Waals surface area (Å²) >= 11 is 1.86. The lowest BCUT2D eigenvalue weighted by atomic mass is 10.1. The average Bonchev–Trinajstić information content (AvgIpc) is 2.61. The molecule has 2 rings (SSSR count). The highest BCUT2D eigenvalue weighted by molar-refractivity contribution is 8.00. The summed E-state index contributed by atoms with van der Waals surface area (Å²) in [6.07, 6.45) is 1.00. The normalized spacial score (nSPS) is 24.8. The highest BCUT2D eigenvalue weighted by Gasteiger charge is 2.24. The van der Waals surface area contributed by atoms with Crippen LogP contribution in [-0.4, -0.2) is 17.0 Å². The largest absolute Gasteiger partial charge is 0.379 e. The van der Waals surface area contributed by atoms with E-state index in [0.29, 0.717) is 10.8 Å². The molecule has 1 aromatic carbocycles. The Balaban J connectivity index is 2.18. The molecule has 0 radical (unpaired) electrons. The first-order chi connectivity index (χ1) is 7.58. The summed E-state index contributed by atoms with van der Waals surface area (Å²) < 4.78 is 26.9. The van der Waals surface area contributed by atoms with Crippen molar-refractivity contribution in [1.82, 2.24) is 0 Å². The van der Waals surface area contributed by atoms with Gasteiger partial charge in [0.1, 0.15) is 11.6 Å². The second-order valence-electron chi connectivity index (χ2n) is 4.20. The zero-order chi connectivity index (χ0) is 11.7. The fourth-order valence-corrected chi connectivity index (χ4v) is 3.08. The van der Waals surface area contributed by atoms with Crippen LogP contribution in [0.2, 0.25) is 0 Å². The van der Waals surface area contributed by atoms with Crippen molar-refractivity contribution in [3.8, 4) is 0 Å². The van der Waals surface area contributed by atoms with E-state index >= 15 is 0 Å². The maximum absolute atomic E-state index is 13.6. The van der Waals surface area contributed by atoms with E-state index in [0.717, 1.165) is 12.2 Å². The van der Waals surface area contributed by atoms with Gasteiger partial charge in [-0.2, -0.15) is 11.8 Å². The van der Waals surface area contributed by atoms with E-state index in [-0.39, 0.29) is 23.4 Å². The molecular weight excluding hydrogens is 228 g/mol. The van der Waals surface area contributed by atoms with Crippen LogP contribution in [0.15, 0.2) is 12.1 Å². The van der Waals surface area contributed by atoms with E-state index in [4.69, 9.17) is 0 Å². The van der Waals surface area contributed by atoms with Crippen LogP contribution in [0.3, 0.4) is 0 Å². The standard InChI is InChI=1S/C12H15F2NS/c1-7-5-10(14)12(6-9(7)13)15-11-3-4-16-8(11)2/h5-6,8,11,15H,3-4H2,1-2H3. The van der Waals surface area contributed by atoms with E-state index in [1.54, 1.807) is 6.92 Å². The molecule has 4 heteroatoms. The number of rotatable bonds is 2. The summed E-state index contributed by atoms with van der Waals surface area (Å²) in [5.41, 5.74) is 0.624. The van der Waals surface area contributed by atoms with Crippen molar-refractivity contribution in [2.75, 3.05) is 11.1 Å². The second-order valence-corrected chi connectivity index (χ2v) is 5.68. The predicted molar refractivity (Wildman–Crippen MR) is 65.0 cm³/mol. The summed E-state index contributed by atoms with van der Waals surface area (Å²) in [6.45, 7) is 3.67. The van der Waals surface area contributed by atoms with Gasteiger partial charge in [-0.25, -0.2) is 8.78 Å². The van der Waals surface area contributed by atoms with Gasteiger partial charge in [-0.1, -0.05) is 6.92 Å². The number of aryl methyl sites for hydroxylation is 1. The van der Waals surface area contributed by atoms with Gasteiger partial charge in [0, 0.05) is 17.4 Å². The molecule has 16 heavy (non-hydrogen) atoms. The molecule has 1 N–H and O–H groups in total. The second kappa shape index (κ2) is 4.62. The third-order valence-electron chi connectivity index (χ3n) is 2.97. The Bertz CT molecular complexity index is 395. The molecule has 2 atom stereocenters. The Morgan fingerprint density at radius 1 is 1.31 bits per heavy atom. The molecule has 0 spiro atoms. The minimum absolute atomic E-state index is 0.238. The van der Waals surface area contributed by atoms with Crippen molar-refractivity contribution in [3.63, 3.8) is 0 Å². The van der Waals surface area contributed by atoms with Crippen molar-refractivity contribution in [3.05, 3.63) is 29.3 Å². The molecule has 1 aliphatic rings. The van der Waals surface area contributed by atoms with E-state index in [9.17, 15) is 8.78 Å². The average molecular weight is 243 g/mol. The third kappa shape index (κ3) is 2.32. The SMILES string of the molecule is Cc1cc(F)c(NC2CCSC2C)cc1F. The number of halogens is 2. The van der Waals surface area contributed by atoms with Crippen molar-refractivity contribution in [2.24, 2.45) is 0 Å². The zero-order valence-electron chi connectivity index (χ0n) is 9.39. The van der Waals surface area contributed by atoms with Crippen LogP contribution in [-0.2, 0) is 0 Å². The molecule has 1 aromatic rings. The van der Waals surface area contributed by atoms with Crippen molar-refractivity contribution in [1.29, 1.82) is 0 Å². The van der Waals surface area contributed by atoms with E-state index < -0.39 is 0 Å². The summed E-state index contributed by atoms with van der Waals surface area (Å²) in [5.74, 6) is 0.347. The van der Waals surface area contributed by atoms with Gasteiger partial charge in [-0.3, -0.25) is 0 Å². The van der Waals surface area contributed by atoms with E-state index in [1.165, 1.54) is 12.1 Å². The van der Waals surface area contributed by atoms with Crippen LogP contribution >= 0.6 is 11.8 Å². The van der Waals surface area contributed by atoms with Gasteiger partial charge in [0.2, 0.25) is 0 Å². The van der Waals surface area contributed by atoms with Gasteiger partial charge < -0.3 is 5.32 Å². The zero-order valence-corrected chi connectivity index (χ0v) is 10.2. The lowest BCUT2D eigenvalue weighted by Crippen LogP contribution is -2.25. The van der Waals surface area contributed by atoms with Crippen LogP contribution in [0, 0.1) is 18.6 Å². The van der Waals surface area contributed by atoms with Crippen molar-refractivity contribution >= 4 is 17.4 Å². The predicted octanol–water partition coefficient (Wildman–Crippen LogP) is 3.58. The van der Waals surface area contributed by atoms with Gasteiger partial charge >= 0.3 is 0 Å². The highest BCUT2D eigenvalue weighted by Crippen LogP contribution is 2.30. The molecule has 0 aliphatic carbocycles. The summed E-state index contributed by atoms with van der Waals surface area (Å²) in [6, 6.07) is 2.73. The van der Waals surface area contributed by atoms with Gasteiger partial charge in [0.15, 0.2) is 0 Å². The Labute approximate surface area is 98.6 Å². The molecule has 1 fully saturated rings. The van der Waals surface area contributed by atoms with Gasteiger partial charge in [0.25, 0.3) is 0 Å². The van der Waals surface area contributed by atoms with Crippen LogP contribution in [0.4, 0.5) is 14.5 Å². The van der Waals surface area contributed by atoms with Crippen LogP contribution in [0.25, 0.3) is 0 Å². The molecule has 2 unspecified atom stereocenters. The Morgan fingerprint density at radius 2 is 2.06 bits per heavy atom. The topological polar surface area (TPSA) is 12.0 Å². The van der Waals surface area contributed by atoms with Crippen LogP contribution in [0.1, 0.15) is 18.9 Å². The minimum Gasteiger partial charge on any atom is -0.379 e. The smallest absolute Gasteiger partial charge is 0.146 e. The van der Waals surface area contributed by atoms with Crippen molar-refractivity contribution < 1.29 is 8.78 Å². The first-order valence-electron chi connectivity index (χ1n) is 5.41. The fourth-order valence-electron chi connectivity index (χ4n) is 1.88. The molecule has 1 saturated heterocycles. The fraction of sp³-hybridized carbons (Fsp3) is 0.500. The molecule has 0 saturated carbocycles. The number of thioether (sulfide) groups is 1. The van der Waals surface area contributed by atoms with Gasteiger partial charge in [0.05, 0.1) is 5.69 Å². The maximum Gasteiger partial charge on any atom is 0.146 e. The van der Waals surface area contributed by atoms with Gasteiger partial charge in [-0.15, -0.1) is 0 Å². The molecule has 0 amide bonds. The summed E-state index contributed by atoms with van der Waals surface area (Å²) in [7, 11) is 0. The van der Waals surface area contributed by atoms with E-state index in [2.05, 4.69) is 12.2 Å². The van der Waals surface area contributed by atoms with Crippen molar-refractivity contribution in [2.45, 2.75) is 31.6 Å². The molecular formula is C12H15F2NS. The molecule has 88 valence electrons. The maximum atomic E-state index is 13.6. The number of hydrogen-bond acceptors (Lipinski definition) is 2. The van der Waals surface area contributed by atoms with Crippen LogP contribution in [0.5, 0.6) is 0 Å². The lowest BCUT2D eigenvalue weighted by molar-refractivity contribution is 0.590. The molecule has 1 aliphatic heterocycles. The number of nitrogens with one attached hydrogen (secondary N) is 1. The highest BCUT2D eigenvalue weighted by atomic mass is 32.2. The number of anilines is 1. The molecule has 1 nitrogen and oxygen atoms in total. The first kappa shape index (κ1) is 11.7. The monoisotopic (exact) mass is 243 g/mol. The summed E-state index contributed by atoms with van der Waals surface area (Å²) in [5, 5.41) is 3.54. The quantitative estimate of drug-likeness (QED) is 0.852.